The molecule has 0 bridgehead atoms. The average molecular weight is 342 g/mol. The van der Waals surface area contributed by atoms with Gasteiger partial charge in [0.05, 0.1) is 11.4 Å². The molecule has 1 radical (unpaired) electrons. The number of H-pyrrole nitrogens is 1. The molecule has 0 aliphatic rings. The van der Waals surface area contributed by atoms with Gasteiger partial charge in [0.1, 0.15) is 11.6 Å². The van der Waals surface area contributed by atoms with Crippen LogP contribution in [0.2, 0.25) is 0 Å². The van der Waals surface area contributed by atoms with Crippen LogP contribution in [-0.2, 0) is 0 Å². The lowest BCUT2D eigenvalue weighted by molar-refractivity contribution is 0.628. The fourth-order valence-corrected chi connectivity index (χ4v) is 2.94. The summed E-state index contributed by atoms with van der Waals surface area (Å²) < 4.78 is 13.3. The zero-order chi connectivity index (χ0) is 17.9. The van der Waals surface area contributed by atoms with Crippen molar-refractivity contribution in [3.8, 4) is 22.5 Å². The molecule has 4 heteroatoms. The second kappa shape index (κ2) is 6.92. The Morgan fingerprint density at radius 2 is 1.54 bits per heavy atom. The van der Waals surface area contributed by atoms with Crippen LogP contribution in [0, 0.1) is 12.7 Å². The van der Waals surface area contributed by atoms with Gasteiger partial charge in [0.15, 0.2) is 0 Å². The van der Waals surface area contributed by atoms with Gasteiger partial charge in [0.25, 0.3) is 0 Å². The molecule has 4 rings (SSSR count). The van der Waals surface area contributed by atoms with Gasteiger partial charge >= 0.3 is 0 Å². The van der Waals surface area contributed by atoms with Gasteiger partial charge < -0.3 is 4.98 Å². The zero-order valence-electron chi connectivity index (χ0n) is 14.1. The largest absolute Gasteiger partial charge is 0.341 e. The SMILES string of the molecule is [CH2]C(c1ccccc1)c1nc(-c2ccc(F)cc2)c(-c2ccncc2)[nH]1. The maximum Gasteiger partial charge on any atom is 0.123 e. The van der Waals surface area contributed by atoms with E-state index < -0.39 is 0 Å². The molecule has 0 saturated heterocycles. The van der Waals surface area contributed by atoms with Crippen molar-refractivity contribution in [2.24, 2.45) is 0 Å². The third-order valence-electron chi connectivity index (χ3n) is 4.34. The number of nitrogens with one attached hydrogen (secondary N) is 1. The van der Waals surface area contributed by atoms with Crippen LogP contribution in [0.3, 0.4) is 0 Å². The minimum Gasteiger partial charge on any atom is -0.341 e. The second-order valence-corrected chi connectivity index (χ2v) is 6.05. The summed E-state index contributed by atoms with van der Waals surface area (Å²) in [6.07, 6.45) is 3.48. The number of hydrogen-bond donors (Lipinski definition) is 1. The van der Waals surface area contributed by atoms with Crippen molar-refractivity contribution in [1.82, 2.24) is 15.0 Å². The maximum atomic E-state index is 13.3. The highest BCUT2D eigenvalue weighted by Crippen LogP contribution is 2.33. The number of pyridine rings is 1. The minimum absolute atomic E-state index is 0.133. The summed E-state index contributed by atoms with van der Waals surface area (Å²) in [7, 11) is 0. The Balaban J connectivity index is 1.84. The van der Waals surface area contributed by atoms with E-state index in [0.29, 0.717) is 0 Å². The molecular formula is C22H17FN3. The maximum absolute atomic E-state index is 13.3. The monoisotopic (exact) mass is 342 g/mol. The summed E-state index contributed by atoms with van der Waals surface area (Å²) in [6.45, 7) is 4.27. The van der Waals surface area contributed by atoms with E-state index in [1.807, 2.05) is 42.5 Å². The molecular weight excluding hydrogens is 325 g/mol. The summed E-state index contributed by atoms with van der Waals surface area (Å²) in [5, 5.41) is 0. The number of aromatic nitrogens is 3. The fourth-order valence-electron chi connectivity index (χ4n) is 2.94. The van der Waals surface area contributed by atoms with E-state index in [4.69, 9.17) is 4.98 Å². The highest BCUT2D eigenvalue weighted by Gasteiger charge is 2.18. The number of halogens is 1. The number of imidazole rings is 1. The minimum atomic E-state index is -0.269. The quantitative estimate of drug-likeness (QED) is 0.551. The van der Waals surface area contributed by atoms with Crippen LogP contribution in [-0.4, -0.2) is 15.0 Å². The third-order valence-corrected chi connectivity index (χ3v) is 4.34. The van der Waals surface area contributed by atoms with Gasteiger partial charge in [-0.2, -0.15) is 0 Å². The molecule has 0 aliphatic carbocycles. The standard InChI is InChI=1S/C22H17FN3/c1-15(16-5-3-2-4-6-16)22-25-20(17-7-9-19(23)10-8-17)21(26-22)18-11-13-24-14-12-18/h2-15H,1H2,(H,25,26). The molecule has 1 atom stereocenters. The molecule has 0 aliphatic heterocycles. The first-order valence-corrected chi connectivity index (χ1v) is 8.36. The highest BCUT2D eigenvalue weighted by atomic mass is 19.1. The summed E-state index contributed by atoms with van der Waals surface area (Å²) in [5.74, 6) is 0.364. The van der Waals surface area contributed by atoms with Crippen molar-refractivity contribution in [1.29, 1.82) is 0 Å². The van der Waals surface area contributed by atoms with Crippen molar-refractivity contribution in [3.63, 3.8) is 0 Å². The molecule has 0 saturated carbocycles. The van der Waals surface area contributed by atoms with Gasteiger partial charge in [-0.25, -0.2) is 9.37 Å². The smallest absolute Gasteiger partial charge is 0.123 e. The predicted octanol–water partition coefficient (Wildman–Crippen LogP) is 5.24. The molecule has 1 unspecified atom stereocenters. The highest BCUT2D eigenvalue weighted by molar-refractivity contribution is 5.78. The van der Waals surface area contributed by atoms with Crippen molar-refractivity contribution in [2.75, 3.05) is 0 Å². The van der Waals surface area contributed by atoms with Crippen molar-refractivity contribution in [2.45, 2.75) is 5.92 Å². The van der Waals surface area contributed by atoms with E-state index >= 15 is 0 Å². The normalized spacial score (nSPS) is 12.1. The third kappa shape index (κ3) is 3.14. The molecule has 2 aromatic heterocycles. The van der Waals surface area contributed by atoms with Crippen molar-refractivity contribution < 1.29 is 4.39 Å². The number of rotatable bonds is 4. The Hall–Kier alpha value is -3.27. The van der Waals surface area contributed by atoms with Gasteiger partial charge in [0, 0.05) is 29.4 Å². The van der Waals surface area contributed by atoms with E-state index in [1.54, 1.807) is 24.5 Å². The molecule has 0 amide bonds. The topological polar surface area (TPSA) is 41.6 Å². The summed E-state index contributed by atoms with van der Waals surface area (Å²) in [4.78, 5) is 12.3. The lowest BCUT2D eigenvalue weighted by atomic mass is 10.0. The van der Waals surface area contributed by atoms with Crippen LogP contribution in [0.5, 0.6) is 0 Å². The van der Waals surface area contributed by atoms with Crippen LogP contribution in [0.4, 0.5) is 4.39 Å². The van der Waals surface area contributed by atoms with E-state index in [-0.39, 0.29) is 11.7 Å². The van der Waals surface area contributed by atoms with Crippen molar-refractivity contribution in [3.05, 3.63) is 103 Å². The van der Waals surface area contributed by atoms with E-state index in [1.165, 1.54) is 12.1 Å². The zero-order valence-corrected chi connectivity index (χ0v) is 14.1. The number of benzene rings is 2. The molecule has 4 aromatic rings. The van der Waals surface area contributed by atoms with Crippen LogP contribution in [0.15, 0.2) is 79.1 Å². The Morgan fingerprint density at radius 3 is 2.23 bits per heavy atom. The Labute approximate surface area is 151 Å². The van der Waals surface area contributed by atoms with Crippen LogP contribution in [0.1, 0.15) is 17.3 Å². The van der Waals surface area contributed by atoms with E-state index in [0.717, 1.165) is 33.9 Å². The number of nitrogens with zero attached hydrogens (tertiary/aromatic N) is 2. The molecule has 1 N–H and O–H groups in total. The van der Waals surface area contributed by atoms with Crippen LogP contribution in [0.25, 0.3) is 22.5 Å². The molecule has 0 fully saturated rings. The Morgan fingerprint density at radius 1 is 0.846 bits per heavy atom. The fraction of sp³-hybridized carbons (Fsp3) is 0.0455. The molecule has 127 valence electrons. The van der Waals surface area contributed by atoms with E-state index in [9.17, 15) is 4.39 Å². The van der Waals surface area contributed by atoms with Gasteiger partial charge in [-0.15, -0.1) is 0 Å². The Kier molecular flexibility index (Phi) is 4.32. The first-order chi connectivity index (χ1) is 12.7. The first kappa shape index (κ1) is 16.2. The van der Waals surface area contributed by atoms with Crippen molar-refractivity contribution >= 4 is 0 Å². The predicted molar refractivity (Wildman–Crippen MR) is 101 cm³/mol. The number of hydrogen-bond acceptors (Lipinski definition) is 2. The Bertz CT molecular complexity index is 993. The molecule has 3 nitrogen and oxygen atoms in total. The van der Waals surface area contributed by atoms with E-state index in [2.05, 4.69) is 16.9 Å². The summed E-state index contributed by atoms with van der Waals surface area (Å²) in [5.41, 5.74) is 4.54. The van der Waals surface area contributed by atoms with Gasteiger partial charge in [0.2, 0.25) is 0 Å². The second-order valence-electron chi connectivity index (χ2n) is 6.05. The molecule has 2 heterocycles. The molecule has 26 heavy (non-hydrogen) atoms. The summed E-state index contributed by atoms with van der Waals surface area (Å²) in [6, 6.07) is 20.2. The molecule has 2 aromatic carbocycles. The van der Waals surface area contributed by atoms with Crippen LogP contribution < -0.4 is 0 Å². The average Bonchev–Trinajstić information content (AvgIpc) is 3.15. The number of aromatic amines is 1. The summed E-state index contributed by atoms with van der Waals surface area (Å²) >= 11 is 0. The van der Waals surface area contributed by atoms with Gasteiger partial charge in [-0.1, -0.05) is 30.3 Å². The first-order valence-electron chi connectivity index (χ1n) is 8.36. The van der Waals surface area contributed by atoms with Gasteiger partial charge in [-0.3, -0.25) is 4.98 Å². The van der Waals surface area contributed by atoms with Gasteiger partial charge in [-0.05, 0) is 48.9 Å². The van der Waals surface area contributed by atoms with Crippen LogP contribution >= 0.6 is 0 Å². The lowest BCUT2D eigenvalue weighted by Gasteiger charge is -2.08. The molecule has 0 spiro atoms. The lowest BCUT2D eigenvalue weighted by Crippen LogP contribution is -1.98.